The Morgan fingerprint density at radius 1 is 1.09 bits per heavy atom. The van der Waals surface area contributed by atoms with E-state index in [1.165, 1.54) is 28.6 Å². The molecule has 1 aliphatic rings. The van der Waals surface area contributed by atoms with Gasteiger partial charge in [0.05, 0.1) is 28.4 Å². The van der Waals surface area contributed by atoms with Gasteiger partial charge >= 0.3 is 5.91 Å². The van der Waals surface area contributed by atoms with Crippen molar-refractivity contribution >= 4 is 44.1 Å². The molecule has 170 valence electrons. The number of aryl methyl sites for hydroxylation is 1. The molecule has 5 rings (SSSR count). The molecule has 1 fully saturated rings. The number of carbonyl (C=O) groups excluding carboxylic acids is 2. The maximum Gasteiger partial charge on any atom is 0.301 e. The van der Waals surface area contributed by atoms with Gasteiger partial charge in [-0.3, -0.25) is 19.5 Å². The number of ketones is 1. The number of aliphatic hydroxyl groups excluding tert-OH is 1. The van der Waals surface area contributed by atoms with E-state index in [0.717, 1.165) is 10.3 Å². The smallest absolute Gasteiger partial charge is 0.301 e. The summed E-state index contributed by atoms with van der Waals surface area (Å²) < 4.78 is 6.42. The molecule has 1 unspecified atom stereocenters. The molecule has 1 amide bonds. The van der Waals surface area contributed by atoms with E-state index in [1.807, 2.05) is 56.3 Å². The number of anilines is 1. The number of benzene rings is 2. The van der Waals surface area contributed by atoms with Crippen LogP contribution in [0.25, 0.3) is 16.0 Å². The van der Waals surface area contributed by atoms with Gasteiger partial charge in [-0.1, -0.05) is 41.2 Å². The normalized spacial score (nSPS) is 17.5. The van der Waals surface area contributed by atoms with Crippen LogP contribution < -0.4 is 9.64 Å². The van der Waals surface area contributed by atoms with Crippen LogP contribution in [0.2, 0.25) is 0 Å². The van der Waals surface area contributed by atoms with Crippen LogP contribution in [-0.4, -0.2) is 33.4 Å². The number of aliphatic hydroxyl groups is 1. The zero-order chi connectivity index (χ0) is 23.8. The van der Waals surface area contributed by atoms with Crippen molar-refractivity contribution in [1.29, 1.82) is 0 Å². The molecule has 4 aromatic rings. The topological polar surface area (TPSA) is 92.6 Å². The van der Waals surface area contributed by atoms with Crippen molar-refractivity contribution in [3.05, 3.63) is 89.3 Å². The van der Waals surface area contributed by atoms with Crippen LogP contribution in [0.5, 0.6) is 5.75 Å². The number of rotatable bonds is 5. The van der Waals surface area contributed by atoms with E-state index in [1.54, 1.807) is 12.1 Å². The Balaban J connectivity index is 1.69. The molecule has 1 N–H and O–H groups in total. The first-order valence-electron chi connectivity index (χ1n) is 10.8. The van der Waals surface area contributed by atoms with Crippen LogP contribution in [0.3, 0.4) is 0 Å². The van der Waals surface area contributed by atoms with Crippen molar-refractivity contribution in [2.75, 3.05) is 11.5 Å². The summed E-state index contributed by atoms with van der Waals surface area (Å²) in [6.45, 7) is 4.40. The van der Waals surface area contributed by atoms with Crippen molar-refractivity contribution in [2.24, 2.45) is 0 Å². The third kappa shape index (κ3) is 3.72. The van der Waals surface area contributed by atoms with Gasteiger partial charge in [0.15, 0.2) is 5.13 Å². The molecule has 1 atom stereocenters. The Morgan fingerprint density at radius 2 is 1.82 bits per heavy atom. The second kappa shape index (κ2) is 8.72. The molecule has 0 saturated carbocycles. The van der Waals surface area contributed by atoms with Crippen LogP contribution in [-0.2, 0) is 9.59 Å². The van der Waals surface area contributed by atoms with Crippen LogP contribution >= 0.6 is 11.3 Å². The summed E-state index contributed by atoms with van der Waals surface area (Å²) in [7, 11) is 0. The molecule has 3 heterocycles. The predicted octanol–water partition coefficient (Wildman–Crippen LogP) is 5.02. The van der Waals surface area contributed by atoms with Gasteiger partial charge in [-0.25, -0.2) is 4.98 Å². The highest BCUT2D eigenvalue weighted by atomic mass is 32.1. The van der Waals surface area contributed by atoms with Gasteiger partial charge < -0.3 is 9.84 Å². The minimum atomic E-state index is -0.819. The first kappa shape index (κ1) is 21.8. The largest absolute Gasteiger partial charge is 0.507 e. The summed E-state index contributed by atoms with van der Waals surface area (Å²) in [6, 6.07) is 15.4. The lowest BCUT2D eigenvalue weighted by Gasteiger charge is -2.23. The number of ether oxygens (including phenoxy) is 1. The third-order valence-electron chi connectivity index (χ3n) is 5.66. The number of carbonyl (C=O) groups is 2. The van der Waals surface area contributed by atoms with Crippen LogP contribution in [0.1, 0.15) is 29.7 Å². The second-order valence-electron chi connectivity index (χ2n) is 7.87. The van der Waals surface area contributed by atoms with Crippen molar-refractivity contribution in [3.8, 4) is 5.75 Å². The molecule has 0 aliphatic carbocycles. The number of hydrogen-bond acceptors (Lipinski definition) is 7. The van der Waals surface area contributed by atoms with E-state index in [2.05, 4.69) is 9.97 Å². The minimum absolute atomic E-state index is 0.0225. The quantitative estimate of drug-likeness (QED) is 0.249. The van der Waals surface area contributed by atoms with Gasteiger partial charge in [0.1, 0.15) is 11.5 Å². The van der Waals surface area contributed by atoms with Gasteiger partial charge in [-0.2, -0.15) is 0 Å². The minimum Gasteiger partial charge on any atom is -0.507 e. The molecule has 1 saturated heterocycles. The summed E-state index contributed by atoms with van der Waals surface area (Å²) in [5, 5.41) is 11.5. The number of nitrogens with zero attached hydrogens (tertiary/aromatic N) is 3. The molecule has 8 heteroatoms. The van der Waals surface area contributed by atoms with Gasteiger partial charge in [0, 0.05) is 18.0 Å². The number of aromatic nitrogens is 2. The molecule has 0 bridgehead atoms. The SMILES string of the molecule is CCOc1ccc2nc(N3C(=O)C(=O)/C(=C(/O)c4ccncc4)C3c3ccc(C)cc3)sc2c1. The third-order valence-corrected chi connectivity index (χ3v) is 6.67. The molecule has 7 nitrogen and oxygen atoms in total. The Hall–Kier alpha value is -4.04. The molecular weight excluding hydrogens is 450 g/mol. The van der Waals surface area contributed by atoms with Gasteiger partial charge in [-0.15, -0.1) is 0 Å². The molecule has 2 aromatic carbocycles. The van der Waals surface area contributed by atoms with Crippen molar-refractivity contribution in [1.82, 2.24) is 9.97 Å². The molecule has 0 spiro atoms. The fourth-order valence-corrected chi connectivity index (χ4v) is 5.03. The fourth-order valence-electron chi connectivity index (χ4n) is 4.01. The Labute approximate surface area is 200 Å². The van der Waals surface area contributed by atoms with E-state index in [-0.39, 0.29) is 11.3 Å². The number of fused-ring (bicyclic) bond motifs is 1. The first-order valence-corrected chi connectivity index (χ1v) is 11.6. The number of Topliss-reactive ketones (excluding diaryl/α,β-unsaturated/α-hetero) is 1. The van der Waals surface area contributed by atoms with Gasteiger partial charge in [0.25, 0.3) is 5.78 Å². The highest BCUT2D eigenvalue weighted by Crippen LogP contribution is 2.44. The summed E-state index contributed by atoms with van der Waals surface area (Å²) in [5.41, 5.74) is 2.88. The Kier molecular flexibility index (Phi) is 5.59. The van der Waals surface area contributed by atoms with E-state index >= 15 is 0 Å². The fraction of sp³-hybridized carbons (Fsp3) is 0.154. The van der Waals surface area contributed by atoms with Crippen LogP contribution in [0.4, 0.5) is 5.13 Å². The lowest BCUT2D eigenvalue weighted by molar-refractivity contribution is -0.132. The lowest BCUT2D eigenvalue weighted by Crippen LogP contribution is -2.29. The number of amides is 1. The maximum atomic E-state index is 13.3. The van der Waals surface area contributed by atoms with E-state index < -0.39 is 17.7 Å². The summed E-state index contributed by atoms with van der Waals surface area (Å²) in [4.78, 5) is 36.5. The van der Waals surface area contributed by atoms with Crippen LogP contribution in [0.15, 0.2) is 72.6 Å². The average molecular weight is 472 g/mol. The summed E-state index contributed by atoms with van der Waals surface area (Å²) >= 11 is 1.30. The van der Waals surface area contributed by atoms with Crippen molar-refractivity contribution in [2.45, 2.75) is 19.9 Å². The number of hydrogen-bond donors (Lipinski definition) is 1. The maximum absolute atomic E-state index is 13.3. The molecule has 1 aliphatic heterocycles. The average Bonchev–Trinajstić information content (AvgIpc) is 3.38. The number of pyridine rings is 1. The zero-order valence-corrected chi connectivity index (χ0v) is 19.4. The zero-order valence-electron chi connectivity index (χ0n) is 18.6. The first-order chi connectivity index (χ1) is 16.5. The Bertz CT molecular complexity index is 1430. The predicted molar refractivity (Wildman–Crippen MR) is 131 cm³/mol. The highest BCUT2D eigenvalue weighted by molar-refractivity contribution is 7.22. The summed E-state index contributed by atoms with van der Waals surface area (Å²) in [6.07, 6.45) is 3.05. The monoisotopic (exact) mass is 471 g/mol. The molecular formula is C26H21N3O4S. The van der Waals surface area contributed by atoms with E-state index in [4.69, 9.17) is 4.74 Å². The second-order valence-corrected chi connectivity index (χ2v) is 8.88. The van der Waals surface area contributed by atoms with Gasteiger partial charge in [-0.05, 0) is 49.7 Å². The Morgan fingerprint density at radius 3 is 2.53 bits per heavy atom. The van der Waals surface area contributed by atoms with Gasteiger partial charge in [0.2, 0.25) is 0 Å². The summed E-state index contributed by atoms with van der Waals surface area (Å²) in [5.74, 6) is -1.02. The van der Waals surface area contributed by atoms with E-state index in [0.29, 0.717) is 34.1 Å². The highest BCUT2D eigenvalue weighted by Gasteiger charge is 2.48. The standard InChI is InChI=1S/C26H21N3O4S/c1-3-33-18-8-9-19-20(14-18)34-26(28-19)29-22(16-6-4-15(2)5-7-16)21(24(31)25(29)32)23(30)17-10-12-27-13-11-17/h4-14,22,30H,3H2,1-2H3/b23-21+. The van der Waals surface area contributed by atoms with Crippen LogP contribution in [0, 0.1) is 6.92 Å². The molecule has 0 radical (unpaired) electrons. The number of thiazole rings is 1. The lowest BCUT2D eigenvalue weighted by atomic mass is 9.95. The van der Waals surface area contributed by atoms with Crippen molar-refractivity contribution < 1.29 is 19.4 Å². The molecule has 34 heavy (non-hydrogen) atoms. The van der Waals surface area contributed by atoms with E-state index in [9.17, 15) is 14.7 Å². The van der Waals surface area contributed by atoms with Crippen molar-refractivity contribution in [3.63, 3.8) is 0 Å². The molecule has 2 aromatic heterocycles.